The normalized spacial score (nSPS) is 10.7. The Morgan fingerprint density at radius 1 is 1.44 bits per heavy atom. The van der Waals surface area contributed by atoms with Gasteiger partial charge in [-0.25, -0.2) is 14.3 Å². The molecule has 0 fully saturated rings. The molecule has 0 spiro atoms. The van der Waals surface area contributed by atoms with Crippen molar-refractivity contribution in [1.82, 2.24) is 14.6 Å². The number of furan rings is 1. The highest BCUT2D eigenvalue weighted by Crippen LogP contribution is 2.17. The van der Waals surface area contributed by atoms with Crippen molar-refractivity contribution in [3.63, 3.8) is 0 Å². The minimum Gasteiger partial charge on any atom is -0.465 e. The molecule has 0 unspecified atom stereocenters. The zero-order valence-electron chi connectivity index (χ0n) is 9.53. The smallest absolute Gasteiger partial charge is 0.338 e. The number of methoxy groups -OCH3 is 1. The maximum Gasteiger partial charge on any atom is 0.338 e. The highest BCUT2D eigenvalue weighted by Gasteiger charge is 2.11. The summed E-state index contributed by atoms with van der Waals surface area (Å²) in [6, 6.07) is 6.78. The Labute approximate surface area is 102 Å². The van der Waals surface area contributed by atoms with Crippen LogP contribution in [0, 0.1) is 0 Å². The molecule has 0 bridgehead atoms. The number of hydrogen-bond acceptors (Lipinski definition) is 5. The third-order valence-electron chi connectivity index (χ3n) is 2.50. The molecule has 18 heavy (non-hydrogen) atoms. The van der Waals surface area contributed by atoms with Crippen LogP contribution in [-0.4, -0.2) is 27.7 Å². The van der Waals surface area contributed by atoms with E-state index in [0.29, 0.717) is 22.8 Å². The molecule has 0 N–H and O–H groups in total. The van der Waals surface area contributed by atoms with Gasteiger partial charge in [0.2, 0.25) is 5.82 Å². The Kier molecular flexibility index (Phi) is 2.33. The molecule has 0 aliphatic heterocycles. The molecule has 0 radical (unpaired) electrons. The molecule has 0 aliphatic carbocycles. The van der Waals surface area contributed by atoms with E-state index in [-0.39, 0.29) is 0 Å². The first-order valence-electron chi connectivity index (χ1n) is 5.26. The molecule has 6 nitrogen and oxygen atoms in total. The van der Waals surface area contributed by atoms with Crippen molar-refractivity contribution < 1.29 is 13.9 Å². The van der Waals surface area contributed by atoms with Crippen molar-refractivity contribution in [2.24, 2.45) is 0 Å². The molecule has 0 amide bonds. The van der Waals surface area contributed by atoms with Gasteiger partial charge in [-0.1, -0.05) is 0 Å². The van der Waals surface area contributed by atoms with Crippen LogP contribution in [0.25, 0.3) is 17.2 Å². The summed E-state index contributed by atoms with van der Waals surface area (Å²) in [6.45, 7) is 0. The van der Waals surface area contributed by atoms with Crippen LogP contribution in [0.15, 0.2) is 41.1 Å². The summed E-state index contributed by atoms with van der Waals surface area (Å²) in [5.74, 6) is 0.653. The number of fused-ring (bicyclic) bond motifs is 1. The lowest BCUT2D eigenvalue weighted by molar-refractivity contribution is 0.0600. The first kappa shape index (κ1) is 10.5. The third-order valence-corrected chi connectivity index (χ3v) is 2.50. The van der Waals surface area contributed by atoms with Crippen molar-refractivity contribution in [2.45, 2.75) is 0 Å². The van der Waals surface area contributed by atoms with E-state index < -0.39 is 5.97 Å². The number of ether oxygens (including phenoxy) is 1. The van der Waals surface area contributed by atoms with E-state index in [1.54, 1.807) is 41.2 Å². The number of carbonyl (C=O) groups is 1. The molecule has 3 aromatic heterocycles. The lowest BCUT2D eigenvalue weighted by Gasteiger charge is -1.97. The number of aromatic nitrogens is 3. The number of carbonyl (C=O) groups excluding carboxylic acids is 1. The van der Waals surface area contributed by atoms with Crippen molar-refractivity contribution in [1.29, 1.82) is 0 Å². The van der Waals surface area contributed by atoms with Gasteiger partial charge in [0.25, 0.3) is 0 Å². The van der Waals surface area contributed by atoms with Gasteiger partial charge in [-0.2, -0.15) is 0 Å². The van der Waals surface area contributed by atoms with Crippen LogP contribution >= 0.6 is 0 Å². The molecule has 3 aromatic rings. The second kappa shape index (κ2) is 3.99. The van der Waals surface area contributed by atoms with E-state index in [2.05, 4.69) is 14.8 Å². The monoisotopic (exact) mass is 243 g/mol. The van der Waals surface area contributed by atoms with Gasteiger partial charge < -0.3 is 9.15 Å². The van der Waals surface area contributed by atoms with Gasteiger partial charge in [0.15, 0.2) is 11.4 Å². The molecule has 0 saturated carbocycles. The maximum atomic E-state index is 11.4. The van der Waals surface area contributed by atoms with E-state index in [1.807, 2.05) is 0 Å². The Bertz CT molecular complexity index is 701. The first-order valence-corrected chi connectivity index (χ1v) is 5.26. The zero-order valence-corrected chi connectivity index (χ0v) is 9.53. The molecule has 3 rings (SSSR count). The summed E-state index contributed by atoms with van der Waals surface area (Å²) in [5.41, 5.74) is 0.993. The van der Waals surface area contributed by atoms with E-state index in [1.165, 1.54) is 7.11 Å². The largest absolute Gasteiger partial charge is 0.465 e. The summed E-state index contributed by atoms with van der Waals surface area (Å²) in [4.78, 5) is 15.7. The lowest BCUT2D eigenvalue weighted by atomic mass is 10.3. The average Bonchev–Trinajstić information content (AvgIpc) is 3.04. The van der Waals surface area contributed by atoms with Crippen LogP contribution in [0.3, 0.4) is 0 Å². The summed E-state index contributed by atoms with van der Waals surface area (Å²) in [5, 5.41) is 4.24. The summed E-state index contributed by atoms with van der Waals surface area (Å²) in [6.07, 6.45) is 3.21. The number of hydrogen-bond donors (Lipinski definition) is 0. The second-order valence-electron chi connectivity index (χ2n) is 3.62. The molecule has 90 valence electrons. The van der Waals surface area contributed by atoms with Crippen LogP contribution in [0.2, 0.25) is 0 Å². The average molecular weight is 243 g/mol. The fourth-order valence-corrected chi connectivity index (χ4v) is 1.64. The molecule has 3 heterocycles. The van der Waals surface area contributed by atoms with Gasteiger partial charge in [0.05, 0.1) is 18.9 Å². The fourth-order valence-electron chi connectivity index (χ4n) is 1.64. The number of nitrogens with zero attached hydrogens (tertiary/aromatic N) is 3. The predicted molar refractivity (Wildman–Crippen MR) is 62.0 cm³/mol. The van der Waals surface area contributed by atoms with Crippen LogP contribution in [0.5, 0.6) is 0 Å². The van der Waals surface area contributed by atoms with Crippen molar-refractivity contribution in [3.05, 3.63) is 42.3 Å². The van der Waals surface area contributed by atoms with Crippen molar-refractivity contribution in [3.8, 4) is 11.6 Å². The minimum atomic E-state index is -0.403. The predicted octanol–water partition coefficient (Wildman–Crippen LogP) is 1.78. The topological polar surface area (TPSA) is 69.6 Å². The fraction of sp³-hybridized carbons (Fsp3) is 0.0833. The molecule has 0 aromatic carbocycles. The molecule has 0 aliphatic rings. The standard InChI is InChI=1S/C12H9N3O3/c1-17-12(16)8-4-5-15-10(7-8)13-11(14-15)9-3-2-6-18-9/h2-7H,1H3. The summed E-state index contributed by atoms with van der Waals surface area (Å²) in [7, 11) is 1.34. The third kappa shape index (κ3) is 1.64. The molecular weight excluding hydrogens is 234 g/mol. The SMILES string of the molecule is COC(=O)c1ccn2nc(-c3ccco3)nc2c1. The summed E-state index contributed by atoms with van der Waals surface area (Å²) < 4.78 is 11.4. The number of esters is 1. The van der Waals surface area contributed by atoms with Gasteiger partial charge in [-0.3, -0.25) is 0 Å². The van der Waals surface area contributed by atoms with Gasteiger partial charge in [0.1, 0.15) is 0 Å². The number of pyridine rings is 1. The maximum absolute atomic E-state index is 11.4. The van der Waals surface area contributed by atoms with Gasteiger partial charge >= 0.3 is 5.97 Å². The van der Waals surface area contributed by atoms with Crippen molar-refractivity contribution in [2.75, 3.05) is 7.11 Å². The minimum absolute atomic E-state index is 0.403. The van der Waals surface area contributed by atoms with Crippen LogP contribution in [0.4, 0.5) is 0 Å². The molecule has 6 heteroatoms. The van der Waals surface area contributed by atoms with E-state index in [4.69, 9.17) is 4.42 Å². The van der Waals surface area contributed by atoms with E-state index in [0.717, 1.165) is 0 Å². The van der Waals surface area contributed by atoms with Crippen LogP contribution in [0.1, 0.15) is 10.4 Å². The quantitative estimate of drug-likeness (QED) is 0.641. The second-order valence-corrected chi connectivity index (χ2v) is 3.62. The molecular formula is C12H9N3O3. The number of rotatable bonds is 2. The Morgan fingerprint density at radius 2 is 2.33 bits per heavy atom. The Balaban J connectivity index is 2.10. The molecule has 0 saturated heterocycles. The van der Waals surface area contributed by atoms with E-state index in [9.17, 15) is 4.79 Å². The van der Waals surface area contributed by atoms with E-state index >= 15 is 0 Å². The highest BCUT2D eigenvalue weighted by atomic mass is 16.5. The lowest BCUT2D eigenvalue weighted by Crippen LogP contribution is -2.02. The zero-order chi connectivity index (χ0) is 12.5. The van der Waals surface area contributed by atoms with Crippen LogP contribution in [-0.2, 0) is 4.74 Å². The van der Waals surface area contributed by atoms with Crippen LogP contribution < -0.4 is 0 Å². The van der Waals surface area contributed by atoms with Gasteiger partial charge in [0, 0.05) is 6.20 Å². The Hall–Kier alpha value is -2.63. The van der Waals surface area contributed by atoms with Gasteiger partial charge in [-0.15, -0.1) is 5.10 Å². The van der Waals surface area contributed by atoms with Gasteiger partial charge in [-0.05, 0) is 24.3 Å². The summed E-state index contributed by atoms with van der Waals surface area (Å²) >= 11 is 0. The highest BCUT2D eigenvalue weighted by molar-refractivity contribution is 5.90. The Morgan fingerprint density at radius 3 is 3.06 bits per heavy atom. The molecule has 0 atom stereocenters. The van der Waals surface area contributed by atoms with Crippen molar-refractivity contribution >= 4 is 11.6 Å². The first-order chi connectivity index (χ1) is 8.78.